The Kier molecular flexibility index (Phi) is 6.06. The molecule has 2 aromatic carbocycles. The highest BCUT2D eigenvalue weighted by Crippen LogP contribution is 2.40. The molecule has 186 valence electrons. The van der Waals surface area contributed by atoms with Crippen LogP contribution in [0.1, 0.15) is 48.2 Å². The maximum atomic E-state index is 13.9. The fourth-order valence-electron chi connectivity index (χ4n) is 4.60. The molecule has 0 radical (unpaired) electrons. The van der Waals surface area contributed by atoms with Crippen LogP contribution in [-0.4, -0.2) is 23.0 Å². The van der Waals surface area contributed by atoms with E-state index in [0.717, 1.165) is 37.2 Å². The molecule has 3 aromatic rings. The Morgan fingerprint density at radius 2 is 1.60 bits per heavy atom. The molecule has 35 heavy (non-hydrogen) atoms. The van der Waals surface area contributed by atoms with Crippen molar-refractivity contribution in [2.24, 2.45) is 0 Å². The van der Waals surface area contributed by atoms with Gasteiger partial charge < -0.3 is 15.2 Å². The number of alkyl halides is 6. The minimum atomic E-state index is -4.87. The van der Waals surface area contributed by atoms with Crippen LogP contribution in [0, 0.1) is 0 Å². The van der Waals surface area contributed by atoms with E-state index in [2.05, 4.69) is 10.3 Å². The fraction of sp³-hybridized carbons (Fsp3) is 0.333. The third-order valence-corrected chi connectivity index (χ3v) is 6.27. The third kappa shape index (κ3) is 4.59. The van der Waals surface area contributed by atoms with E-state index in [9.17, 15) is 35.9 Å². The highest BCUT2D eigenvalue weighted by Gasteiger charge is 2.37. The molecule has 0 aliphatic carbocycles. The van der Waals surface area contributed by atoms with Crippen LogP contribution in [0.15, 0.2) is 47.4 Å². The number of hydrogen-bond acceptors (Lipinski definition) is 3. The van der Waals surface area contributed by atoms with E-state index < -0.39 is 51.5 Å². The Bertz CT molecular complexity index is 1340. The highest BCUT2D eigenvalue weighted by molar-refractivity contribution is 6.06. The number of amides is 1. The van der Waals surface area contributed by atoms with E-state index in [-0.39, 0.29) is 17.6 Å². The summed E-state index contributed by atoms with van der Waals surface area (Å²) in [4.78, 5) is 29.9. The molecule has 0 bridgehead atoms. The van der Waals surface area contributed by atoms with Crippen molar-refractivity contribution < 1.29 is 31.1 Å². The van der Waals surface area contributed by atoms with Crippen molar-refractivity contribution in [3.05, 3.63) is 69.5 Å². The van der Waals surface area contributed by atoms with E-state index in [0.29, 0.717) is 11.8 Å². The van der Waals surface area contributed by atoms with Crippen molar-refractivity contribution >= 4 is 28.2 Å². The fourth-order valence-corrected chi connectivity index (χ4v) is 4.60. The molecule has 1 fully saturated rings. The van der Waals surface area contributed by atoms with Gasteiger partial charge in [-0.1, -0.05) is 6.07 Å². The summed E-state index contributed by atoms with van der Waals surface area (Å²) in [5.74, 6) is -1.26. The van der Waals surface area contributed by atoms with Crippen molar-refractivity contribution in [1.82, 2.24) is 4.98 Å². The number of nitrogens with one attached hydrogen (secondary N) is 2. The number of carbonyl (C=O) groups excluding carboxylic acids is 1. The largest absolute Gasteiger partial charge is 0.418 e. The Morgan fingerprint density at radius 1 is 0.971 bits per heavy atom. The molecule has 1 amide bonds. The van der Waals surface area contributed by atoms with Gasteiger partial charge in [-0.3, -0.25) is 9.59 Å². The van der Waals surface area contributed by atoms with Crippen LogP contribution in [0.5, 0.6) is 0 Å². The maximum absolute atomic E-state index is 13.9. The maximum Gasteiger partial charge on any atom is 0.418 e. The van der Waals surface area contributed by atoms with E-state index in [4.69, 9.17) is 0 Å². The molecule has 2 heterocycles. The molecule has 1 saturated heterocycles. The number of aromatic amines is 1. The number of benzene rings is 2. The van der Waals surface area contributed by atoms with Gasteiger partial charge in [0, 0.05) is 29.5 Å². The molecule has 2 atom stereocenters. The van der Waals surface area contributed by atoms with Crippen LogP contribution in [0.25, 0.3) is 10.9 Å². The van der Waals surface area contributed by atoms with Gasteiger partial charge in [0.05, 0.1) is 22.2 Å². The lowest BCUT2D eigenvalue weighted by molar-refractivity contribution is -0.137. The zero-order valence-electron chi connectivity index (χ0n) is 18.6. The standard InChI is InChI=1S/C24H21F6N3O2/c1-12-6-7-13(2)33(12)14-8-9-18(17(10-14)24(28,29)30)32-22(35)15-11-31-19-5-3-4-16(23(25,26)27)20(19)21(15)34/h3-5,8-13H,6-7H2,1-2H3,(H,31,34)(H,32,35). The number of fused-ring (bicyclic) bond motifs is 1. The summed E-state index contributed by atoms with van der Waals surface area (Å²) in [6.07, 6.45) is -7.17. The number of anilines is 2. The summed E-state index contributed by atoms with van der Waals surface area (Å²) in [7, 11) is 0. The second-order valence-corrected chi connectivity index (χ2v) is 8.62. The third-order valence-electron chi connectivity index (χ3n) is 6.27. The lowest BCUT2D eigenvalue weighted by Gasteiger charge is -2.30. The van der Waals surface area contributed by atoms with Crippen LogP contribution in [0.3, 0.4) is 0 Å². The summed E-state index contributed by atoms with van der Waals surface area (Å²) in [5.41, 5.74) is -4.78. The molecule has 1 aromatic heterocycles. The summed E-state index contributed by atoms with van der Waals surface area (Å²) in [6.45, 7) is 3.82. The average Bonchev–Trinajstić information content (AvgIpc) is 3.10. The smallest absolute Gasteiger partial charge is 0.366 e. The lowest BCUT2D eigenvalue weighted by atomic mass is 10.0. The molecular weight excluding hydrogens is 476 g/mol. The Morgan fingerprint density at radius 3 is 2.20 bits per heavy atom. The van der Waals surface area contributed by atoms with Gasteiger partial charge in [0.15, 0.2) is 0 Å². The van der Waals surface area contributed by atoms with Crippen LogP contribution in [0.4, 0.5) is 37.7 Å². The zero-order valence-corrected chi connectivity index (χ0v) is 18.6. The quantitative estimate of drug-likeness (QED) is 0.424. The van der Waals surface area contributed by atoms with Crippen LogP contribution >= 0.6 is 0 Å². The van der Waals surface area contributed by atoms with Crippen LogP contribution in [0.2, 0.25) is 0 Å². The summed E-state index contributed by atoms with van der Waals surface area (Å²) >= 11 is 0. The normalized spacial score (nSPS) is 18.8. The number of halogens is 6. The van der Waals surface area contributed by atoms with Gasteiger partial charge in [-0.05, 0) is 57.0 Å². The van der Waals surface area contributed by atoms with Gasteiger partial charge in [-0.25, -0.2) is 0 Å². The second-order valence-electron chi connectivity index (χ2n) is 8.62. The van der Waals surface area contributed by atoms with E-state index >= 15 is 0 Å². The van der Waals surface area contributed by atoms with Gasteiger partial charge >= 0.3 is 12.4 Å². The predicted molar refractivity (Wildman–Crippen MR) is 120 cm³/mol. The van der Waals surface area contributed by atoms with Crippen molar-refractivity contribution in [2.75, 3.05) is 10.2 Å². The number of nitrogens with zero attached hydrogens (tertiary/aromatic N) is 1. The minimum Gasteiger partial charge on any atom is -0.366 e. The molecule has 11 heteroatoms. The molecule has 2 unspecified atom stereocenters. The predicted octanol–water partition coefficient (Wildman–Crippen LogP) is 6.20. The molecule has 0 saturated carbocycles. The number of aromatic nitrogens is 1. The first-order valence-electron chi connectivity index (χ1n) is 10.8. The van der Waals surface area contributed by atoms with Crippen molar-refractivity contribution in [3.63, 3.8) is 0 Å². The van der Waals surface area contributed by atoms with Crippen molar-refractivity contribution in [1.29, 1.82) is 0 Å². The van der Waals surface area contributed by atoms with Gasteiger partial charge in [-0.2, -0.15) is 26.3 Å². The Balaban J connectivity index is 1.75. The summed E-state index contributed by atoms with van der Waals surface area (Å²) < 4.78 is 81.8. The first-order chi connectivity index (χ1) is 16.3. The second kappa shape index (κ2) is 8.62. The molecule has 5 nitrogen and oxygen atoms in total. The molecule has 2 N–H and O–H groups in total. The minimum absolute atomic E-state index is 0.0329. The van der Waals surface area contributed by atoms with Gasteiger partial charge in [0.2, 0.25) is 5.43 Å². The Labute approximate surface area is 195 Å². The van der Waals surface area contributed by atoms with Gasteiger partial charge in [0.25, 0.3) is 5.91 Å². The zero-order chi connectivity index (χ0) is 25.7. The topological polar surface area (TPSA) is 65.2 Å². The van der Waals surface area contributed by atoms with Crippen LogP contribution < -0.4 is 15.6 Å². The highest BCUT2D eigenvalue weighted by atomic mass is 19.4. The summed E-state index contributed by atoms with van der Waals surface area (Å²) in [5, 5.41) is 1.29. The first kappa shape index (κ1) is 24.6. The molecule has 0 spiro atoms. The molecule has 1 aliphatic rings. The summed E-state index contributed by atoms with van der Waals surface area (Å²) in [6, 6.07) is 6.55. The number of pyridine rings is 1. The number of rotatable bonds is 3. The lowest BCUT2D eigenvalue weighted by Crippen LogP contribution is -2.32. The van der Waals surface area contributed by atoms with Gasteiger partial charge in [-0.15, -0.1) is 0 Å². The molecular formula is C24H21F6N3O2. The van der Waals surface area contributed by atoms with E-state index in [1.165, 1.54) is 12.1 Å². The first-order valence-corrected chi connectivity index (χ1v) is 10.8. The number of H-pyrrole nitrogens is 1. The number of hydrogen-bond donors (Lipinski definition) is 2. The van der Waals surface area contributed by atoms with E-state index in [1.807, 2.05) is 18.7 Å². The number of carbonyl (C=O) groups is 1. The van der Waals surface area contributed by atoms with Crippen molar-refractivity contribution in [3.8, 4) is 0 Å². The molecule has 1 aliphatic heterocycles. The van der Waals surface area contributed by atoms with Gasteiger partial charge in [0.1, 0.15) is 5.56 Å². The van der Waals surface area contributed by atoms with Crippen molar-refractivity contribution in [2.45, 2.75) is 51.1 Å². The van der Waals surface area contributed by atoms with Crippen LogP contribution in [-0.2, 0) is 12.4 Å². The molecule has 4 rings (SSSR count). The monoisotopic (exact) mass is 497 g/mol. The SMILES string of the molecule is CC1CCC(C)N1c1ccc(NC(=O)c2c[nH]c3cccc(C(F)(F)F)c3c2=O)c(C(F)(F)F)c1. The van der Waals surface area contributed by atoms with E-state index in [1.54, 1.807) is 0 Å². The average molecular weight is 497 g/mol. The Hall–Kier alpha value is -3.50.